The zero-order valence-corrected chi connectivity index (χ0v) is 23.8. The Labute approximate surface area is 215 Å². The molecule has 2 rings (SSSR count). The van der Waals surface area contributed by atoms with Gasteiger partial charge in [-0.05, 0) is 74.8 Å². The summed E-state index contributed by atoms with van der Waals surface area (Å²) in [6.45, 7) is 17.5. The molecule has 2 aromatic carbocycles. The Morgan fingerprint density at radius 1 is 0.806 bits per heavy atom. The van der Waals surface area contributed by atoms with Crippen LogP contribution in [0.2, 0.25) is 18.1 Å². The predicted octanol–water partition coefficient (Wildman–Crippen LogP) is 6.23. The van der Waals surface area contributed by atoms with E-state index in [2.05, 4.69) is 33.9 Å². The van der Waals surface area contributed by atoms with Gasteiger partial charge in [0.2, 0.25) is 0 Å². The zero-order chi connectivity index (χ0) is 27.1. The van der Waals surface area contributed by atoms with Crippen molar-refractivity contribution in [2.24, 2.45) is 0 Å². The van der Waals surface area contributed by atoms with Gasteiger partial charge in [-0.3, -0.25) is 4.79 Å². The lowest BCUT2D eigenvalue weighted by Crippen LogP contribution is -2.40. The van der Waals surface area contributed by atoms with E-state index in [9.17, 15) is 14.4 Å². The number of carbonyl (C=O) groups is 3. The van der Waals surface area contributed by atoms with E-state index in [-0.39, 0.29) is 35.3 Å². The number of carbonyl (C=O) groups excluding carboxylic acids is 3. The van der Waals surface area contributed by atoms with Crippen molar-refractivity contribution in [3.8, 4) is 0 Å². The fourth-order valence-corrected chi connectivity index (χ4v) is 4.22. The standard InChI is InChI=1S/C28H39NO6Si/c1-9-29(24-17-22(26(31)33-10-2)16-23(18-24)27(32)34-11-3)25(30)21-14-12-20(13-15-21)19-35-36(7,8)28(4,5)6/h12-18H,9-11,19H2,1-8H3. The molecule has 0 unspecified atom stereocenters. The van der Waals surface area contributed by atoms with Crippen molar-refractivity contribution >= 4 is 31.9 Å². The lowest BCUT2D eigenvalue weighted by Gasteiger charge is -2.36. The van der Waals surface area contributed by atoms with E-state index in [1.807, 2.05) is 19.1 Å². The molecule has 0 radical (unpaired) electrons. The monoisotopic (exact) mass is 513 g/mol. The Hall–Kier alpha value is -2.97. The summed E-state index contributed by atoms with van der Waals surface area (Å²) in [7, 11) is -1.88. The first kappa shape index (κ1) is 29.3. The second kappa shape index (κ2) is 12.3. The highest BCUT2D eigenvalue weighted by molar-refractivity contribution is 6.74. The summed E-state index contributed by atoms with van der Waals surface area (Å²) in [5.41, 5.74) is 2.27. The van der Waals surface area contributed by atoms with Gasteiger partial charge in [0.15, 0.2) is 8.32 Å². The van der Waals surface area contributed by atoms with Crippen molar-refractivity contribution in [3.63, 3.8) is 0 Å². The maximum atomic E-state index is 13.4. The van der Waals surface area contributed by atoms with Crippen LogP contribution in [0.4, 0.5) is 5.69 Å². The van der Waals surface area contributed by atoms with Gasteiger partial charge >= 0.3 is 11.9 Å². The highest BCUT2D eigenvalue weighted by Crippen LogP contribution is 2.37. The van der Waals surface area contributed by atoms with Gasteiger partial charge in [0.05, 0.1) is 30.9 Å². The molecule has 0 aliphatic rings. The molecule has 1 amide bonds. The van der Waals surface area contributed by atoms with Crippen LogP contribution in [-0.4, -0.2) is 45.9 Å². The number of hydrogen-bond donors (Lipinski definition) is 0. The minimum Gasteiger partial charge on any atom is -0.462 e. The highest BCUT2D eigenvalue weighted by Gasteiger charge is 2.37. The largest absolute Gasteiger partial charge is 0.462 e. The van der Waals surface area contributed by atoms with E-state index in [0.29, 0.717) is 24.4 Å². The molecule has 0 fully saturated rings. The molecule has 36 heavy (non-hydrogen) atoms. The number of anilines is 1. The lowest BCUT2D eigenvalue weighted by atomic mass is 10.1. The lowest BCUT2D eigenvalue weighted by molar-refractivity contribution is 0.0524. The Kier molecular flexibility index (Phi) is 10.0. The van der Waals surface area contributed by atoms with E-state index in [4.69, 9.17) is 13.9 Å². The van der Waals surface area contributed by atoms with Crippen LogP contribution >= 0.6 is 0 Å². The second-order valence-corrected chi connectivity index (χ2v) is 14.8. The Balaban J connectivity index is 2.32. The Bertz CT molecular complexity index is 1040. The first-order chi connectivity index (χ1) is 16.8. The van der Waals surface area contributed by atoms with E-state index >= 15 is 0 Å². The van der Waals surface area contributed by atoms with Crippen molar-refractivity contribution < 1.29 is 28.3 Å². The van der Waals surface area contributed by atoms with Crippen LogP contribution in [0.3, 0.4) is 0 Å². The summed E-state index contributed by atoms with van der Waals surface area (Å²) in [5.74, 6) is -1.39. The molecular formula is C28H39NO6Si. The van der Waals surface area contributed by atoms with Crippen molar-refractivity contribution in [1.29, 1.82) is 0 Å². The van der Waals surface area contributed by atoms with Crippen molar-refractivity contribution in [3.05, 3.63) is 64.7 Å². The van der Waals surface area contributed by atoms with Gasteiger partial charge in [-0.1, -0.05) is 32.9 Å². The van der Waals surface area contributed by atoms with Gasteiger partial charge in [-0.2, -0.15) is 0 Å². The van der Waals surface area contributed by atoms with Crippen LogP contribution in [0, 0.1) is 0 Å². The molecule has 0 aliphatic carbocycles. The molecule has 0 aliphatic heterocycles. The molecule has 8 heteroatoms. The predicted molar refractivity (Wildman–Crippen MR) is 144 cm³/mol. The second-order valence-electron chi connectivity index (χ2n) is 10.0. The van der Waals surface area contributed by atoms with Gasteiger partial charge < -0.3 is 18.8 Å². The van der Waals surface area contributed by atoms with Crippen molar-refractivity contribution in [2.45, 2.75) is 66.3 Å². The SMILES string of the molecule is CCOC(=O)c1cc(C(=O)OCC)cc(N(CC)C(=O)c2ccc(CO[Si](C)(C)C(C)(C)C)cc2)c1. The summed E-state index contributed by atoms with van der Waals surface area (Å²) in [4.78, 5) is 39.8. The molecular weight excluding hydrogens is 474 g/mol. The molecule has 7 nitrogen and oxygen atoms in total. The maximum Gasteiger partial charge on any atom is 0.338 e. The molecule has 0 N–H and O–H groups in total. The highest BCUT2D eigenvalue weighted by atomic mass is 28.4. The summed E-state index contributed by atoms with van der Waals surface area (Å²) in [6.07, 6.45) is 0. The van der Waals surface area contributed by atoms with Gasteiger partial charge in [0, 0.05) is 17.8 Å². The fraction of sp³-hybridized carbons (Fsp3) is 0.464. The minimum absolute atomic E-state index is 0.116. The smallest absolute Gasteiger partial charge is 0.338 e. The molecule has 0 spiro atoms. The number of amides is 1. The Morgan fingerprint density at radius 2 is 1.31 bits per heavy atom. The zero-order valence-electron chi connectivity index (χ0n) is 22.8. The van der Waals surface area contributed by atoms with Crippen molar-refractivity contribution in [2.75, 3.05) is 24.7 Å². The number of ether oxygens (including phenoxy) is 2. The summed E-state index contributed by atoms with van der Waals surface area (Å²) >= 11 is 0. The van der Waals surface area contributed by atoms with E-state index < -0.39 is 20.3 Å². The third-order valence-corrected chi connectivity index (χ3v) is 10.9. The van der Waals surface area contributed by atoms with Crippen LogP contribution in [0.1, 0.15) is 78.2 Å². The fourth-order valence-electron chi connectivity index (χ4n) is 3.25. The molecule has 0 heterocycles. The van der Waals surface area contributed by atoms with Gasteiger partial charge in [0.1, 0.15) is 0 Å². The van der Waals surface area contributed by atoms with E-state index in [1.54, 1.807) is 38.1 Å². The topological polar surface area (TPSA) is 82.1 Å². The summed E-state index contributed by atoms with van der Waals surface area (Å²) in [6, 6.07) is 11.9. The third-order valence-electron chi connectivity index (χ3n) is 6.42. The number of nitrogens with zero attached hydrogens (tertiary/aromatic N) is 1. The summed E-state index contributed by atoms with van der Waals surface area (Å²) < 4.78 is 16.5. The average molecular weight is 514 g/mol. The van der Waals surface area contributed by atoms with Crippen LogP contribution < -0.4 is 4.90 Å². The normalized spacial score (nSPS) is 11.7. The first-order valence-corrected chi connectivity index (χ1v) is 15.3. The number of rotatable bonds is 10. The van der Waals surface area contributed by atoms with Gasteiger partial charge in [0.25, 0.3) is 5.91 Å². The summed E-state index contributed by atoms with van der Waals surface area (Å²) in [5, 5.41) is 0.116. The van der Waals surface area contributed by atoms with E-state index in [0.717, 1.165) is 5.56 Å². The van der Waals surface area contributed by atoms with Gasteiger partial charge in [-0.25, -0.2) is 9.59 Å². The minimum atomic E-state index is -1.88. The number of esters is 2. The molecule has 0 aromatic heterocycles. The average Bonchev–Trinajstić information content (AvgIpc) is 2.83. The molecule has 0 saturated carbocycles. The van der Waals surface area contributed by atoms with Crippen LogP contribution in [0.15, 0.2) is 42.5 Å². The van der Waals surface area contributed by atoms with Gasteiger partial charge in [-0.15, -0.1) is 0 Å². The number of benzene rings is 2. The van der Waals surface area contributed by atoms with Crippen LogP contribution in [0.5, 0.6) is 0 Å². The number of hydrogen-bond acceptors (Lipinski definition) is 6. The van der Waals surface area contributed by atoms with Crippen LogP contribution in [-0.2, 0) is 20.5 Å². The molecule has 0 atom stereocenters. The molecule has 196 valence electrons. The maximum absolute atomic E-state index is 13.4. The van der Waals surface area contributed by atoms with Crippen LogP contribution in [0.25, 0.3) is 0 Å². The van der Waals surface area contributed by atoms with Crippen molar-refractivity contribution in [1.82, 2.24) is 0 Å². The quantitative estimate of drug-likeness (QED) is 0.277. The van der Waals surface area contributed by atoms with E-state index in [1.165, 1.54) is 11.0 Å². The molecule has 0 bridgehead atoms. The first-order valence-electron chi connectivity index (χ1n) is 12.4. The molecule has 0 saturated heterocycles. The Morgan fingerprint density at radius 3 is 1.72 bits per heavy atom. The third kappa shape index (κ3) is 7.27. The molecule has 2 aromatic rings.